The first-order chi connectivity index (χ1) is 70.2. The number of para-hydroxylation sites is 4. The zero-order valence-corrected chi connectivity index (χ0v) is 81.6. The lowest BCUT2D eigenvalue weighted by atomic mass is 9.92. The summed E-state index contributed by atoms with van der Waals surface area (Å²) in [7, 11) is 0. The lowest BCUT2D eigenvalue weighted by Crippen LogP contribution is -2.14. The molecular formula is C123H116N12O8. The van der Waals surface area contributed by atoms with E-state index in [0.29, 0.717) is 112 Å². The van der Waals surface area contributed by atoms with Gasteiger partial charge >= 0.3 is 24.0 Å². The van der Waals surface area contributed by atoms with E-state index in [1.165, 1.54) is 75.2 Å². The molecule has 1 saturated carbocycles. The van der Waals surface area contributed by atoms with Crippen molar-refractivity contribution in [2.75, 3.05) is 19.8 Å². The van der Waals surface area contributed by atoms with Crippen LogP contribution in [-0.2, 0) is 0 Å². The van der Waals surface area contributed by atoms with Crippen molar-refractivity contribution in [3.8, 4) is 138 Å². The zero-order chi connectivity index (χ0) is 98.1. The molecule has 1 aliphatic carbocycles. The molecule has 1 fully saturated rings. The highest BCUT2D eigenvalue weighted by atomic mass is 16.5. The van der Waals surface area contributed by atoms with Gasteiger partial charge in [-0.3, -0.25) is 0 Å². The van der Waals surface area contributed by atoms with Crippen LogP contribution in [0.15, 0.2) is 315 Å². The van der Waals surface area contributed by atoms with Crippen LogP contribution in [0.4, 0.5) is 0 Å². The summed E-state index contributed by atoms with van der Waals surface area (Å²) in [5.74, 6) is 5.56. The Morgan fingerprint density at radius 3 is 1.06 bits per heavy atom. The average Bonchev–Trinajstić information content (AvgIpc) is 1.13. The van der Waals surface area contributed by atoms with Crippen LogP contribution in [0.25, 0.3) is 188 Å². The van der Waals surface area contributed by atoms with Gasteiger partial charge < -0.3 is 39.4 Å². The molecule has 0 aliphatic heterocycles. The minimum atomic E-state index is 0.123. The van der Waals surface area contributed by atoms with E-state index in [1.807, 2.05) is 84.9 Å². The maximum atomic E-state index is 10.6. The quantitative estimate of drug-likeness (QED) is 0.0232. The summed E-state index contributed by atoms with van der Waals surface area (Å²) >= 11 is 0. The van der Waals surface area contributed by atoms with Gasteiger partial charge in [-0.05, 0) is 245 Å². The predicted octanol–water partition coefficient (Wildman–Crippen LogP) is 30.6. The first kappa shape index (κ1) is 95.7. The normalized spacial score (nSPS) is 12.7. The monoisotopic (exact) mass is 1890 g/mol. The number of unbranched alkanes of at least 4 members (excludes halogenated alkanes) is 3. The molecule has 0 spiro atoms. The minimum Gasteiger partial charge on any atom is -0.507 e. The number of aromatic hydroxyl groups is 4. The number of hydrogen-bond donors (Lipinski definition) is 4. The Hall–Kier alpha value is -16.2. The van der Waals surface area contributed by atoms with Crippen LogP contribution in [0.1, 0.15) is 144 Å². The number of benzene rings is 17. The van der Waals surface area contributed by atoms with E-state index in [9.17, 15) is 20.4 Å². The molecule has 3 atom stereocenters. The fraction of sp³-hybridized carbons (Fsp3) is 0.236. The van der Waals surface area contributed by atoms with Crippen LogP contribution >= 0.6 is 0 Å². The fourth-order valence-corrected chi connectivity index (χ4v) is 19.2. The number of nitrogens with zero attached hydrogens (tertiary/aromatic N) is 12. The lowest BCUT2D eigenvalue weighted by molar-refractivity contribution is 0.192. The van der Waals surface area contributed by atoms with E-state index < -0.39 is 0 Å². The third-order valence-electron chi connectivity index (χ3n) is 27.3. The third kappa shape index (κ3) is 21.9. The molecule has 22 rings (SSSR count). The highest BCUT2D eigenvalue weighted by Gasteiger charge is 2.27. The summed E-state index contributed by atoms with van der Waals surface area (Å²) in [4.78, 5) is 56.8. The van der Waals surface area contributed by atoms with Gasteiger partial charge in [0.25, 0.3) is 0 Å². The van der Waals surface area contributed by atoms with Gasteiger partial charge in [0.1, 0.15) is 29.1 Å². The first-order valence-corrected chi connectivity index (χ1v) is 50.4. The van der Waals surface area contributed by atoms with Gasteiger partial charge in [-0.15, -0.1) is 0 Å². The van der Waals surface area contributed by atoms with Crippen molar-refractivity contribution in [3.63, 3.8) is 0 Å². The van der Waals surface area contributed by atoms with E-state index >= 15 is 0 Å². The Kier molecular flexibility index (Phi) is 30.1. The Morgan fingerprint density at radius 2 is 0.587 bits per heavy atom. The third-order valence-corrected chi connectivity index (χ3v) is 27.3. The van der Waals surface area contributed by atoms with Crippen LogP contribution in [0.3, 0.4) is 0 Å². The zero-order valence-electron chi connectivity index (χ0n) is 81.6. The number of fused-ring (bicyclic) bond motifs is 7. The summed E-state index contributed by atoms with van der Waals surface area (Å²) in [5.41, 5.74) is 5.85. The number of phenolic OH excluding ortho intramolecular Hbond substituents is 4. The van der Waals surface area contributed by atoms with E-state index in [4.69, 9.17) is 53.8 Å². The van der Waals surface area contributed by atoms with E-state index in [0.717, 1.165) is 147 Å². The van der Waals surface area contributed by atoms with Gasteiger partial charge in [-0.1, -0.05) is 330 Å². The molecule has 4 aromatic heterocycles. The summed E-state index contributed by atoms with van der Waals surface area (Å²) in [6.45, 7) is 14.9. The molecule has 4 N–H and O–H groups in total. The Morgan fingerprint density at radius 1 is 0.252 bits per heavy atom. The van der Waals surface area contributed by atoms with Crippen LogP contribution in [0.2, 0.25) is 0 Å². The smallest absolute Gasteiger partial charge is 0.320 e. The van der Waals surface area contributed by atoms with Crippen molar-refractivity contribution in [1.82, 2.24) is 59.8 Å². The van der Waals surface area contributed by atoms with Gasteiger partial charge in [-0.25, -0.2) is 19.9 Å². The largest absolute Gasteiger partial charge is 0.507 e. The van der Waals surface area contributed by atoms with Crippen molar-refractivity contribution in [1.29, 1.82) is 0 Å². The maximum Gasteiger partial charge on any atom is 0.320 e. The SMILES string of the molecule is CCCCC(CC)COc1nc(-c2ccccc2O)nc(-c2c3ccccc3cc3ccccc23)n1.CCCCC(CC)COc1nc(-c2ccccc2O)nc(-c2cc3ccccc3c3ccccc23)n1.CCCCC(CC)COc1nc(-c2ccccc2O)nc(-c2ccc3ccc4cccc5ccc2c3c45)n1.Oc1ccccc1-c1nc(OC2CCCC2)nc(-c2ccc3cc4ccccc4cc3c2)n1. The summed E-state index contributed by atoms with van der Waals surface area (Å²) in [6, 6.07) is 105. The number of hydrogen-bond acceptors (Lipinski definition) is 20. The van der Waals surface area contributed by atoms with Crippen LogP contribution in [-0.4, -0.2) is 106 Å². The molecule has 4 heterocycles. The van der Waals surface area contributed by atoms with E-state index in [1.54, 1.807) is 54.6 Å². The molecule has 716 valence electrons. The molecule has 0 saturated heterocycles. The molecular weight excluding hydrogens is 1770 g/mol. The summed E-state index contributed by atoms with van der Waals surface area (Å²) in [6.07, 6.45) is 18.0. The van der Waals surface area contributed by atoms with Crippen molar-refractivity contribution >= 4 is 97.0 Å². The van der Waals surface area contributed by atoms with Gasteiger partial charge in [0.05, 0.1) is 42.1 Å². The van der Waals surface area contributed by atoms with Crippen molar-refractivity contribution < 1.29 is 39.4 Å². The van der Waals surface area contributed by atoms with Crippen LogP contribution in [0, 0.1) is 17.8 Å². The molecule has 3 unspecified atom stereocenters. The summed E-state index contributed by atoms with van der Waals surface area (Å²) in [5, 5.41) is 62.8. The van der Waals surface area contributed by atoms with E-state index in [-0.39, 0.29) is 47.1 Å². The highest BCUT2D eigenvalue weighted by molar-refractivity contribution is 6.25. The number of phenols is 4. The first-order valence-electron chi connectivity index (χ1n) is 50.4. The summed E-state index contributed by atoms with van der Waals surface area (Å²) < 4.78 is 24.7. The minimum absolute atomic E-state index is 0.123. The standard InChI is InChI=1S/C33H31N3O2.2C31H31N3O2.C28H23N3O2/c1-3-5-9-21(4-2)20-38-33-35-31(34-32(36-33)27-12-6-7-13-28(27)37)26-19-17-24-15-14-22-10-8-11-23-16-18-25(26)30(24)29(22)23;1-3-5-12-21(4-2)20-36-31-33-29(26-17-10-11-18-27(26)35)32-30(34-31)28-24-15-8-6-13-22(24)19-23-14-7-9-16-25(23)28;1-3-5-12-21(4-2)20-36-31-33-29(26-17-10-11-18-28(26)35)32-30(34-31)27-19-22-13-6-7-14-23(22)24-15-8-9-16-25(24)27;32-25-12-6-5-11-24(25)27-29-26(30-28(31-27)33-23-9-3-4-10-23)21-14-13-20-15-18-7-1-2-8-19(18)16-22(20)17-21/h6-8,10-19,21,37H,3-5,9,20H2,1-2H3;2*6-11,13-19,21,35H,3-5,12,20H2,1-2H3;1-2,5-8,11-17,23,32H,3-4,9-10H2. The number of ether oxygens (including phenoxy) is 4. The average molecular weight is 1890 g/mol. The van der Waals surface area contributed by atoms with Crippen LogP contribution in [0.5, 0.6) is 47.0 Å². The van der Waals surface area contributed by atoms with Crippen molar-refractivity contribution in [2.45, 2.75) is 150 Å². The van der Waals surface area contributed by atoms with Gasteiger partial charge in [0.2, 0.25) is 0 Å². The lowest BCUT2D eigenvalue weighted by Gasteiger charge is -2.16. The maximum absolute atomic E-state index is 10.6. The van der Waals surface area contributed by atoms with Gasteiger partial charge in [-0.2, -0.15) is 39.9 Å². The van der Waals surface area contributed by atoms with Gasteiger partial charge in [0, 0.05) is 22.3 Å². The second-order valence-electron chi connectivity index (χ2n) is 37.0. The molecule has 0 radical (unpaired) electrons. The van der Waals surface area contributed by atoms with E-state index in [2.05, 4.69) is 242 Å². The number of rotatable bonds is 31. The molecule has 143 heavy (non-hydrogen) atoms. The highest BCUT2D eigenvalue weighted by Crippen LogP contribution is 2.44. The Labute approximate surface area is 832 Å². The van der Waals surface area contributed by atoms with Crippen molar-refractivity contribution in [2.24, 2.45) is 17.8 Å². The fourth-order valence-electron chi connectivity index (χ4n) is 19.2. The molecule has 20 nitrogen and oxygen atoms in total. The van der Waals surface area contributed by atoms with Crippen molar-refractivity contribution in [3.05, 3.63) is 315 Å². The topological polar surface area (TPSA) is 273 Å². The number of aromatic nitrogens is 12. The second kappa shape index (κ2) is 44.9. The molecule has 0 amide bonds. The predicted molar refractivity (Wildman–Crippen MR) is 577 cm³/mol. The Bertz CT molecular complexity index is 7990. The second-order valence-corrected chi connectivity index (χ2v) is 37.0. The molecule has 21 aromatic rings. The molecule has 17 aromatic carbocycles. The Balaban J connectivity index is 0.000000121. The molecule has 0 bridgehead atoms. The molecule has 1 aliphatic rings. The van der Waals surface area contributed by atoms with Gasteiger partial charge in [0.15, 0.2) is 46.6 Å². The van der Waals surface area contributed by atoms with Crippen LogP contribution < -0.4 is 18.9 Å². The molecule has 20 heteroatoms.